The van der Waals surface area contributed by atoms with Crippen molar-refractivity contribution in [3.05, 3.63) is 56.9 Å². The van der Waals surface area contributed by atoms with Crippen LogP contribution in [0.5, 0.6) is 0 Å². The van der Waals surface area contributed by atoms with Crippen molar-refractivity contribution in [2.24, 2.45) is 14.1 Å². The number of sulfonamides is 1. The summed E-state index contributed by atoms with van der Waals surface area (Å²) in [5, 5.41) is 2.70. The summed E-state index contributed by atoms with van der Waals surface area (Å²) in [4.78, 5) is 34.8. The second kappa shape index (κ2) is 7.89. The van der Waals surface area contributed by atoms with E-state index >= 15 is 0 Å². The van der Waals surface area contributed by atoms with Gasteiger partial charge in [-0.1, -0.05) is 19.1 Å². The number of amides is 1. The first kappa shape index (κ1) is 20.6. The molecule has 0 aliphatic rings. The van der Waals surface area contributed by atoms with E-state index in [4.69, 9.17) is 0 Å². The smallest absolute Gasteiger partial charge is 0.326 e. The van der Waals surface area contributed by atoms with Gasteiger partial charge < -0.3 is 9.88 Å². The summed E-state index contributed by atoms with van der Waals surface area (Å²) >= 11 is 0. The summed E-state index contributed by atoms with van der Waals surface area (Å²) in [6.45, 7) is 3.37. The molecular weight excluding hydrogens is 372 g/mol. The Kier molecular flexibility index (Phi) is 6.01. The fourth-order valence-electron chi connectivity index (χ4n) is 2.43. The quantitative estimate of drug-likeness (QED) is 0.738. The van der Waals surface area contributed by atoms with E-state index in [9.17, 15) is 22.8 Å². The van der Waals surface area contributed by atoms with E-state index in [1.54, 1.807) is 38.1 Å². The number of anilines is 1. The molecule has 1 aromatic heterocycles. The predicted octanol–water partition coefficient (Wildman–Crippen LogP) is 0.472. The first-order valence-electron chi connectivity index (χ1n) is 8.25. The van der Waals surface area contributed by atoms with Crippen LogP contribution < -0.4 is 21.3 Å². The number of aromatic nitrogens is 2. The Morgan fingerprint density at radius 2 is 1.74 bits per heavy atom. The van der Waals surface area contributed by atoms with Crippen LogP contribution in [0.2, 0.25) is 0 Å². The molecule has 0 saturated heterocycles. The maximum absolute atomic E-state index is 12.6. The molecule has 27 heavy (non-hydrogen) atoms. The topological polar surface area (TPSA) is 119 Å². The Hall–Kier alpha value is -2.72. The maximum atomic E-state index is 12.6. The molecule has 1 unspecified atom stereocenters. The van der Waals surface area contributed by atoms with E-state index in [2.05, 4.69) is 10.0 Å². The molecule has 1 atom stereocenters. The van der Waals surface area contributed by atoms with Gasteiger partial charge in [-0.2, -0.15) is 0 Å². The fraction of sp³-hybridized carbons (Fsp3) is 0.353. The lowest BCUT2D eigenvalue weighted by molar-refractivity contribution is -0.115. The number of hydrogen-bond acceptors (Lipinski definition) is 5. The molecule has 0 fully saturated rings. The van der Waals surface area contributed by atoms with Gasteiger partial charge >= 0.3 is 5.69 Å². The number of rotatable bonds is 6. The van der Waals surface area contributed by atoms with Crippen molar-refractivity contribution in [1.82, 2.24) is 13.9 Å². The van der Waals surface area contributed by atoms with Gasteiger partial charge in [-0.05, 0) is 24.6 Å². The number of benzene rings is 1. The van der Waals surface area contributed by atoms with Crippen LogP contribution in [0.1, 0.15) is 31.9 Å². The highest BCUT2D eigenvalue weighted by molar-refractivity contribution is 7.89. The summed E-state index contributed by atoms with van der Waals surface area (Å²) in [6, 6.07) is 6.06. The zero-order valence-corrected chi connectivity index (χ0v) is 16.3. The highest BCUT2D eigenvalue weighted by atomic mass is 32.2. The number of aryl methyl sites for hydroxylation is 1. The van der Waals surface area contributed by atoms with Crippen molar-refractivity contribution in [3.63, 3.8) is 0 Å². The molecule has 0 aliphatic carbocycles. The normalized spacial score (nSPS) is 12.6. The van der Waals surface area contributed by atoms with Crippen LogP contribution >= 0.6 is 0 Å². The van der Waals surface area contributed by atoms with Crippen molar-refractivity contribution < 1.29 is 13.2 Å². The van der Waals surface area contributed by atoms with Crippen LogP contribution in [0, 0.1) is 0 Å². The number of hydrogen-bond donors (Lipinski definition) is 2. The average molecular weight is 394 g/mol. The molecule has 2 N–H and O–H groups in total. The number of nitrogens with zero attached hydrogens (tertiary/aromatic N) is 2. The van der Waals surface area contributed by atoms with Crippen molar-refractivity contribution >= 4 is 21.6 Å². The van der Waals surface area contributed by atoms with Gasteiger partial charge in [0, 0.05) is 38.4 Å². The number of nitrogens with one attached hydrogen (secondary N) is 2. The summed E-state index contributed by atoms with van der Waals surface area (Å²) < 4.78 is 29.4. The van der Waals surface area contributed by atoms with E-state index in [0.717, 1.165) is 15.3 Å². The van der Waals surface area contributed by atoms with Gasteiger partial charge in [0.15, 0.2) is 4.90 Å². The van der Waals surface area contributed by atoms with Gasteiger partial charge in [0.1, 0.15) is 0 Å². The molecule has 10 heteroatoms. The lowest BCUT2D eigenvalue weighted by Gasteiger charge is -2.16. The zero-order chi connectivity index (χ0) is 20.4. The summed E-state index contributed by atoms with van der Waals surface area (Å²) in [5.74, 6) is -0.123. The second-order valence-corrected chi connectivity index (χ2v) is 7.80. The van der Waals surface area contributed by atoms with Crippen LogP contribution in [0.4, 0.5) is 5.69 Å². The van der Waals surface area contributed by atoms with E-state index in [1.807, 2.05) is 0 Å². The fourth-order valence-corrected chi connectivity index (χ4v) is 3.82. The largest absolute Gasteiger partial charge is 0.330 e. The van der Waals surface area contributed by atoms with Crippen LogP contribution in [0.15, 0.2) is 44.9 Å². The van der Waals surface area contributed by atoms with Gasteiger partial charge in [-0.25, -0.2) is 17.9 Å². The Bertz CT molecular complexity index is 1070. The van der Waals surface area contributed by atoms with Crippen LogP contribution in [0.3, 0.4) is 0 Å². The van der Waals surface area contributed by atoms with E-state index < -0.39 is 32.2 Å². The predicted molar refractivity (Wildman–Crippen MR) is 101 cm³/mol. The molecule has 1 heterocycles. The van der Waals surface area contributed by atoms with Crippen molar-refractivity contribution in [2.75, 3.05) is 5.32 Å². The lowest BCUT2D eigenvalue weighted by Crippen LogP contribution is -2.41. The average Bonchev–Trinajstić information content (AvgIpc) is 2.62. The molecule has 1 amide bonds. The maximum Gasteiger partial charge on any atom is 0.330 e. The standard InChI is InChI=1S/C17H22N4O5S/c1-5-15(22)18-13-8-6-12(7-9-13)11(2)19-27(25,26)14-10-20(3)17(24)21(4)16(14)23/h6-11,19H,5H2,1-4H3,(H,18,22). The molecule has 146 valence electrons. The Balaban J connectivity index is 2.27. The van der Waals surface area contributed by atoms with E-state index in [1.165, 1.54) is 14.1 Å². The molecule has 0 bridgehead atoms. The number of carbonyl (C=O) groups excluding carboxylic acids is 1. The van der Waals surface area contributed by atoms with Crippen molar-refractivity contribution in [2.45, 2.75) is 31.2 Å². The summed E-state index contributed by atoms with van der Waals surface area (Å²) in [6.07, 6.45) is 1.36. The first-order valence-corrected chi connectivity index (χ1v) is 9.74. The Morgan fingerprint density at radius 3 is 2.30 bits per heavy atom. The first-order chi connectivity index (χ1) is 12.6. The minimum absolute atomic E-state index is 0.123. The van der Waals surface area contributed by atoms with Crippen LogP contribution in [-0.2, 0) is 28.9 Å². The van der Waals surface area contributed by atoms with Gasteiger partial charge in [-0.3, -0.25) is 14.2 Å². The lowest BCUT2D eigenvalue weighted by atomic mass is 10.1. The Labute approximate surface area is 156 Å². The molecule has 1 aromatic carbocycles. The van der Waals surface area contributed by atoms with Crippen LogP contribution in [0.25, 0.3) is 0 Å². The molecule has 0 radical (unpaired) electrons. The van der Waals surface area contributed by atoms with Crippen molar-refractivity contribution in [1.29, 1.82) is 0 Å². The molecule has 9 nitrogen and oxygen atoms in total. The second-order valence-electron chi connectivity index (χ2n) is 6.12. The summed E-state index contributed by atoms with van der Waals surface area (Å²) in [5.41, 5.74) is -0.255. The number of carbonyl (C=O) groups is 1. The van der Waals surface area contributed by atoms with E-state index in [-0.39, 0.29) is 5.91 Å². The van der Waals surface area contributed by atoms with Crippen LogP contribution in [-0.4, -0.2) is 23.5 Å². The SMILES string of the molecule is CCC(=O)Nc1ccc(C(C)NS(=O)(=O)c2cn(C)c(=O)n(C)c2=O)cc1. The van der Waals surface area contributed by atoms with Gasteiger partial charge in [0.25, 0.3) is 5.56 Å². The third-order valence-electron chi connectivity index (χ3n) is 4.05. The van der Waals surface area contributed by atoms with E-state index in [0.29, 0.717) is 17.7 Å². The summed E-state index contributed by atoms with van der Waals surface area (Å²) in [7, 11) is -1.56. The van der Waals surface area contributed by atoms with Crippen molar-refractivity contribution in [3.8, 4) is 0 Å². The molecular formula is C17H22N4O5S. The molecule has 0 aliphatic heterocycles. The monoisotopic (exact) mass is 394 g/mol. The zero-order valence-electron chi connectivity index (χ0n) is 15.5. The highest BCUT2D eigenvalue weighted by Crippen LogP contribution is 2.18. The molecule has 0 saturated carbocycles. The van der Waals surface area contributed by atoms with Gasteiger partial charge in [0.2, 0.25) is 15.9 Å². The van der Waals surface area contributed by atoms with Gasteiger partial charge in [0.05, 0.1) is 0 Å². The molecule has 2 aromatic rings. The van der Waals surface area contributed by atoms with Gasteiger partial charge in [-0.15, -0.1) is 0 Å². The molecule has 0 spiro atoms. The minimum atomic E-state index is -4.15. The Morgan fingerprint density at radius 1 is 1.15 bits per heavy atom. The minimum Gasteiger partial charge on any atom is -0.326 e. The third kappa shape index (κ3) is 4.52. The third-order valence-corrected chi connectivity index (χ3v) is 5.57. The molecule has 2 rings (SSSR count). The highest BCUT2D eigenvalue weighted by Gasteiger charge is 2.24.